The van der Waals surface area contributed by atoms with Crippen molar-refractivity contribution in [3.63, 3.8) is 0 Å². The van der Waals surface area contributed by atoms with Gasteiger partial charge in [0.25, 0.3) is 0 Å². The van der Waals surface area contributed by atoms with Crippen LogP contribution >= 0.6 is 0 Å². The number of carbonyl (C=O) groups is 1. The zero-order chi connectivity index (χ0) is 15.4. The number of aromatic nitrogens is 4. The predicted molar refractivity (Wildman–Crippen MR) is 79.7 cm³/mol. The van der Waals surface area contributed by atoms with Crippen LogP contribution < -0.4 is 11.3 Å². The third-order valence-electron chi connectivity index (χ3n) is 1.99. The van der Waals surface area contributed by atoms with Crippen LogP contribution in [-0.2, 0) is 11.8 Å². The molecule has 7 nitrogen and oxygen atoms in total. The van der Waals surface area contributed by atoms with E-state index in [-0.39, 0.29) is 0 Å². The first kappa shape index (κ1) is 17.7. The van der Waals surface area contributed by atoms with Gasteiger partial charge in [0.1, 0.15) is 6.29 Å². The van der Waals surface area contributed by atoms with Crippen LogP contribution in [0.5, 0.6) is 0 Å². The van der Waals surface area contributed by atoms with Gasteiger partial charge in [-0.3, -0.25) is 10.1 Å². The first-order chi connectivity index (χ1) is 9.71. The molecule has 0 spiro atoms. The Morgan fingerprint density at radius 3 is 2.15 bits per heavy atom. The van der Waals surface area contributed by atoms with Crippen molar-refractivity contribution in [3.8, 4) is 11.1 Å². The van der Waals surface area contributed by atoms with Gasteiger partial charge in [0, 0.05) is 43.2 Å². The molecule has 0 aromatic carbocycles. The smallest absolute Gasteiger partial charge is 0.237 e. The Labute approximate surface area is 119 Å². The molecular formula is C13H22N6O. The van der Waals surface area contributed by atoms with E-state index in [4.69, 9.17) is 5.84 Å². The fourth-order valence-electron chi connectivity index (χ4n) is 1.12. The van der Waals surface area contributed by atoms with Crippen molar-refractivity contribution < 1.29 is 4.79 Å². The number of nitrogen functional groups attached to an aromatic ring is 1. The van der Waals surface area contributed by atoms with Gasteiger partial charge in [0.2, 0.25) is 5.95 Å². The highest BCUT2D eigenvalue weighted by Gasteiger charge is 2.01. The lowest BCUT2D eigenvalue weighted by Gasteiger charge is -1.98. The van der Waals surface area contributed by atoms with E-state index in [2.05, 4.69) is 20.5 Å². The third kappa shape index (κ3) is 6.05. The molecule has 0 radical (unpaired) electrons. The van der Waals surface area contributed by atoms with E-state index in [1.165, 1.54) is 0 Å². The van der Waals surface area contributed by atoms with Gasteiger partial charge < -0.3 is 4.79 Å². The lowest BCUT2D eigenvalue weighted by atomic mass is 10.2. The van der Waals surface area contributed by atoms with Crippen LogP contribution in [0.4, 0.5) is 5.95 Å². The molecule has 2 heterocycles. The van der Waals surface area contributed by atoms with Crippen molar-refractivity contribution in [2.45, 2.75) is 27.2 Å². The molecule has 20 heavy (non-hydrogen) atoms. The van der Waals surface area contributed by atoms with E-state index in [0.717, 1.165) is 17.4 Å². The standard InChI is InChI=1S/C8H10N6.C3H6O.C2H6/c1-14-5-7(4-12-14)6-2-10-8(13-9)11-3-6;1-2-3-4;1-2/h2-5H,9H2,1H3,(H,10,11,13);3H,2H2,1H3;1-2H3. The number of hydrogen-bond acceptors (Lipinski definition) is 6. The maximum absolute atomic E-state index is 9.17. The van der Waals surface area contributed by atoms with Crippen LogP contribution in [0.3, 0.4) is 0 Å². The maximum atomic E-state index is 9.17. The predicted octanol–water partition coefficient (Wildman–Crippen LogP) is 1.78. The second-order valence-corrected chi connectivity index (χ2v) is 3.42. The van der Waals surface area contributed by atoms with Crippen LogP contribution in [0.1, 0.15) is 27.2 Å². The maximum Gasteiger partial charge on any atom is 0.237 e. The summed E-state index contributed by atoms with van der Waals surface area (Å²) in [5.41, 5.74) is 4.26. The van der Waals surface area contributed by atoms with Gasteiger partial charge in [-0.25, -0.2) is 15.8 Å². The molecule has 0 saturated heterocycles. The fraction of sp³-hybridized carbons (Fsp3) is 0.385. The molecule has 0 aliphatic heterocycles. The summed E-state index contributed by atoms with van der Waals surface area (Å²) >= 11 is 0. The van der Waals surface area contributed by atoms with E-state index in [0.29, 0.717) is 12.4 Å². The molecule has 0 bridgehead atoms. The SMILES string of the molecule is CC.CCC=O.Cn1cc(-c2cnc(NN)nc2)cn1. The number of hydrazine groups is 1. The fourth-order valence-corrected chi connectivity index (χ4v) is 1.12. The summed E-state index contributed by atoms with van der Waals surface area (Å²) in [6.45, 7) is 5.81. The molecule has 0 atom stereocenters. The third-order valence-corrected chi connectivity index (χ3v) is 1.99. The topological polar surface area (TPSA) is 98.7 Å². The van der Waals surface area contributed by atoms with Gasteiger partial charge >= 0.3 is 0 Å². The van der Waals surface area contributed by atoms with Crippen LogP contribution in [0.15, 0.2) is 24.8 Å². The van der Waals surface area contributed by atoms with Crippen molar-refractivity contribution in [1.29, 1.82) is 0 Å². The van der Waals surface area contributed by atoms with E-state index < -0.39 is 0 Å². The highest BCUT2D eigenvalue weighted by atomic mass is 16.1. The lowest BCUT2D eigenvalue weighted by molar-refractivity contribution is -0.107. The van der Waals surface area contributed by atoms with E-state index in [1.54, 1.807) is 23.3 Å². The first-order valence-electron chi connectivity index (χ1n) is 6.42. The van der Waals surface area contributed by atoms with Crippen LogP contribution in [0, 0.1) is 0 Å². The molecule has 0 unspecified atom stereocenters. The number of anilines is 1. The molecule has 2 aromatic heterocycles. The number of carbonyl (C=O) groups excluding carboxylic acids is 1. The normalized spacial score (nSPS) is 8.65. The number of rotatable bonds is 3. The quantitative estimate of drug-likeness (QED) is 0.504. The Balaban J connectivity index is 0.000000521. The first-order valence-corrected chi connectivity index (χ1v) is 6.42. The molecule has 0 saturated carbocycles. The van der Waals surface area contributed by atoms with E-state index >= 15 is 0 Å². The minimum Gasteiger partial charge on any atom is -0.303 e. The van der Waals surface area contributed by atoms with E-state index in [1.807, 2.05) is 34.0 Å². The number of hydrogen-bond donors (Lipinski definition) is 2. The molecule has 0 amide bonds. The Kier molecular flexibility index (Phi) is 9.41. The Hall–Kier alpha value is -2.28. The summed E-state index contributed by atoms with van der Waals surface area (Å²) in [7, 11) is 1.86. The molecule has 0 aliphatic rings. The highest BCUT2D eigenvalue weighted by Crippen LogP contribution is 2.16. The van der Waals surface area contributed by atoms with Gasteiger partial charge in [-0.05, 0) is 0 Å². The van der Waals surface area contributed by atoms with Gasteiger partial charge in [0.05, 0.1) is 6.20 Å². The zero-order valence-corrected chi connectivity index (χ0v) is 12.4. The van der Waals surface area contributed by atoms with Crippen molar-refractivity contribution in [3.05, 3.63) is 24.8 Å². The van der Waals surface area contributed by atoms with Gasteiger partial charge in [-0.2, -0.15) is 5.10 Å². The van der Waals surface area contributed by atoms with Gasteiger partial charge in [-0.15, -0.1) is 0 Å². The Bertz CT molecular complexity index is 480. The van der Waals surface area contributed by atoms with Crippen molar-refractivity contribution in [1.82, 2.24) is 19.7 Å². The summed E-state index contributed by atoms with van der Waals surface area (Å²) < 4.78 is 1.73. The number of nitrogens with zero attached hydrogens (tertiary/aromatic N) is 4. The summed E-state index contributed by atoms with van der Waals surface area (Å²) in [5.74, 6) is 5.55. The van der Waals surface area contributed by atoms with Crippen LogP contribution in [0.25, 0.3) is 11.1 Å². The van der Waals surface area contributed by atoms with Crippen molar-refractivity contribution in [2.24, 2.45) is 12.9 Å². The zero-order valence-electron chi connectivity index (χ0n) is 12.4. The minimum absolute atomic E-state index is 0.401. The Morgan fingerprint density at radius 2 is 1.80 bits per heavy atom. The molecule has 0 fully saturated rings. The molecule has 3 N–H and O–H groups in total. The minimum atomic E-state index is 0.401. The van der Waals surface area contributed by atoms with Crippen molar-refractivity contribution in [2.75, 3.05) is 5.43 Å². The number of aryl methyl sites for hydroxylation is 1. The second-order valence-electron chi connectivity index (χ2n) is 3.42. The summed E-state index contributed by atoms with van der Waals surface area (Å²) in [6.07, 6.45) is 8.56. The number of nitrogens with two attached hydrogens (primary N) is 1. The van der Waals surface area contributed by atoms with Crippen molar-refractivity contribution >= 4 is 12.2 Å². The molecular weight excluding hydrogens is 256 g/mol. The average molecular weight is 278 g/mol. The largest absolute Gasteiger partial charge is 0.303 e. The lowest BCUT2D eigenvalue weighted by Crippen LogP contribution is -2.09. The molecule has 7 heteroatoms. The average Bonchev–Trinajstić information content (AvgIpc) is 2.96. The molecule has 0 aliphatic carbocycles. The Morgan fingerprint density at radius 1 is 1.25 bits per heavy atom. The van der Waals surface area contributed by atoms with Gasteiger partial charge in [0.15, 0.2) is 0 Å². The van der Waals surface area contributed by atoms with Crippen LogP contribution in [0.2, 0.25) is 0 Å². The second kappa shape index (κ2) is 10.6. The number of nitrogens with one attached hydrogen (secondary N) is 1. The summed E-state index contributed by atoms with van der Waals surface area (Å²) in [5, 5.41) is 4.06. The highest BCUT2D eigenvalue weighted by molar-refractivity contribution is 5.59. The summed E-state index contributed by atoms with van der Waals surface area (Å²) in [4.78, 5) is 17.2. The molecule has 2 aromatic rings. The molecule has 2 rings (SSSR count). The summed E-state index contributed by atoms with van der Waals surface area (Å²) in [6, 6.07) is 0. The molecule has 110 valence electrons. The number of aldehydes is 1. The monoisotopic (exact) mass is 278 g/mol. The van der Waals surface area contributed by atoms with Gasteiger partial charge in [-0.1, -0.05) is 20.8 Å². The van der Waals surface area contributed by atoms with Crippen LogP contribution in [-0.4, -0.2) is 26.0 Å². The van der Waals surface area contributed by atoms with E-state index in [9.17, 15) is 4.79 Å².